The molecule has 3 atom stereocenters. The van der Waals surface area contributed by atoms with Crippen LogP contribution in [0.15, 0.2) is 34.9 Å². The van der Waals surface area contributed by atoms with Crippen LogP contribution in [-0.2, 0) is 9.53 Å². The molecule has 6 heteroatoms. The standard InChI is InChI=1S/C18H16O6/c1-21-12-4-3-9(7-13(12)22-2)14-15-11(8-24-18(15)20)16(19)10-5-6-23-17(10)14/h3-7,11,14-15H,8H2,1-2H3/t11-,14+,15-/m1/s1. The predicted molar refractivity (Wildman–Crippen MR) is 82.4 cm³/mol. The number of ketones is 1. The lowest BCUT2D eigenvalue weighted by atomic mass is 9.70. The number of ether oxygens (including phenoxy) is 3. The van der Waals surface area contributed by atoms with E-state index in [1.54, 1.807) is 26.4 Å². The Balaban J connectivity index is 1.88. The van der Waals surface area contributed by atoms with Gasteiger partial charge in [0.25, 0.3) is 0 Å². The van der Waals surface area contributed by atoms with Gasteiger partial charge in [-0.05, 0) is 23.8 Å². The quantitative estimate of drug-likeness (QED) is 0.806. The number of esters is 1. The number of hydrogen-bond acceptors (Lipinski definition) is 6. The number of carbonyl (C=O) groups is 2. The molecule has 2 aromatic rings. The summed E-state index contributed by atoms with van der Waals surface area (Å²) in [6, 6.07) is 7.11. The first-order chi connectivity index (χ1) is 11.7. The van der Waals surface area contributed by atoms with Crippen LogP contribution in [0.5, 0.6) is 11.5 Å². The molecule has 1 aromatic heterocycles. The van der Waals surface area contributed by atoms with Gasteiger partial charge in [-0.3, -0.25) is 9.59 Å². The Morgan fingerprint density at radius 3 is 2.62 bits per heavy atom. The highest BCUT2D eigenvalue weighted by Crippen LogP contribution is 2.48. The Labute approximate surface area is 138 Å². The highest BCUT2D eigenvalue weighted by Gasteiger charge is 2.53. The summed E-state index contributed by atoms with van der Waals surface area (Å²) < 4.78 is 21.4. The summed E-state index contributed by atoms with van der Waals surface area (Å²) >= 11 is 0. The number of hydrogen-bond donors (Lipinski definition) is 0. The highest BCUT2D eigenvalue weighted by atomic mass is 16.5. The molecule has 4 rings (SSSR count). The van der Waals surface area contributed by atoms with Crippen LogP contribution in [0.4, 0.5) is 0 Å². The second kappa shape index (κ2) is 5.40. The summed E-state index contributed by atoms with van der Waals surface area (Å²) in [4.78, 5) is 24.8. The van der Waals surface area contributed by atoms with Crippen LogP contribution in [-0.4, -0.2) is 32.6 Å². The van der Waals surface area contributed by atoms with Gasteiger partial charge in [-0.25, -0.2) is 0 Å². The second-order valence-corrected chi connectivity index (χ2v) is 5.92. The van der Waals surface area contributed by atoms with Crippen molar-refractivity contribution in [2.45, 2.75) is 5.92 Å². The largest absolute Gasteiger partial charge is 0.493 e. The fourth-order valence-electron chi connectivity index (χ4n) is 3.68. The Hall–Kier alpha value is -2.76. The number of benzene rings is 1. The van der Waals surface area contributed by atoms with Crippen molar-refractivity contribution in [3.05, 3.63) is 47.4 Å². The minimum Gasteiger partial charge on any atom is -0.493 e. The maximum atomic E-state index is 12.6. The SMILES string of the molecule is COc1ccc([C@@H]2c3occc3C(=O)[C@@H]3COC(=O)[C@@H]23)cc1OC. The van der Waals surface area contributed by atoms with Crippen LogP contribution in [0.3, 0.4) is 0 Å². The molecule has 0 spiro atoms. The molecule has 0 radical (unpaired) electrons. The zero-order valence-corrected chi connectivity index (χ0v) is 13.3. The Bertz CT molecular complexity index is 821. The van der Waals surface area contributed by atoms with Crippen LogP contribution in [0.25, 0.3) is 0 Å². The monoisotopic (exact) mass is 328 g/mol. The number of carbonyl (C=O) groups excluding carboxylic acids is 2. The molecule has 2 heterocycles. The third kappa shape index (κ3) is 1.95. The third-order valence-electron chi connectivity index (χ3n) is 4.82. The molecule has 0 N–H and O–H groups in total. The number of furan rings is 1. The zero-order chi connectivity index (χ0) is 16.8. The minimum absolute atomic E-state index is 0.0914. The molecule has 2 aliphatic rings. The van der Waals surface area contributed by atoms with Gasteiger partial charge >= 0.3 is 5.97 Å². The van der Waals surface area contributed by atoms with Crippen LogP contribution in [0.2, 0.25) is 0 Å². The number of methoxy groups -OCH3 is 2. The van der Waals surface area contributed by atoms with Gasteiger partial charge in [0.2, 0.25) is 0 Å². The summed E-state index contributed by atoms with van der Waals surface area (Å²) in [5.74, 6) is -0.224. The van der Waals surface area contributed by atoms with E-state index in [-0.39, 0.29) is 24.3 Å². The summed E-state index contributed by atoms with van der Waals surface area (Å²) in [7, 11) is 3.11. The van der Waals surface area contributed by atoms with Gasteiger partial charge in [-0.15, -0.1) is 0 Å². The van der Waals surface area contributed by atoms with Crippen molar-refractivity contribution < 1.29 is 28.2 Å². The molecule has 6 nitrogen and oxygen atoms in total. The van der Waals surface area contributed by atoms with Gasteiger partial charge in [0.05, 0.1) is 43.8 Å². The molecular weight excluding hydrogens is 312 g/mol. The van der Waals surface area contributed by atoms with Crippen molar-refractivity contribution in [2.24, 2.45) is 11.8 Å². The molecular formula is C18H16O6. The summed E-state index contributed by atoms with van der Waals surface area (Å²) in [6.07, 6.45) is 1.49. The van der Waals surface area contributed by atoms with Gasteiger partial charge in [0, 0.05) is 0 Å². The number of cyclic esters (lactones) is 1. The molecule has 1 fully saturated rings. The molecule has 1 aliphatic carbocycles. The topological polar surface area (TPSA) is 75.0 Å². The first-order valence-electron chi connectivity index (χ1n) is 7.66. The van der Waals surface area contributed by atoms with Gasteiger partial charge < -0.3 is 18.6 Å². The average Bonchev–Trinajstić information content (AvgIpc) is 3.23. The van der Waals surface area contributed by atoms with E-state index in [9.17, 15) is 9.59 Å². The van der Waals surface area contributed by atoms with E-state index in [4.69, 9.17) is 18.6 Å². The molecule has 1 aliphatic heterocycles. The van der Waals surface area contributed by atoms with Crippen molar-refractivity contribution in [1.29, 1.82) is 0 Å². The van der Waals surface area contributed by atoms with Crippen molar-refractivity contribution in [3.63, 3.8) is 0 Å². The van der Waals surface area contributed by atoms with Crippen molar-refractivity contribution in [2.75, 3.05) is 20.8 Å². The van der Waals surface area contributed by atoms with Crippen molar-refractivity contribution in [3.8, 4) is 11.5 Å². The van der Waals surface area contributed by atoms with Gasteiger partial charge in [0.15, 0.2) is 17.3 Å². The van der Waals surface area contributed by atoms with E-state index < -0.39 is 11.8 Å². The summed E-state index contributed by atoms with van der Waals surface area (Å²) in [5, 5.41) is 0. The van der Waals surface area contributed by atoms with Gasteiger partial charge in [0.1, 0.15) is 12.4 Å². The average molecular weight is 328 g/mol. The first-order valence-corrected chi connectivity index (χ1v) is 7.66. The number of rotatable bonds is 3. The van der Waals surface area contributed by atoms with E-state index in [0.29, 0.717) is 22.8 Å². The highest BCUT2D eigenvalue weighted by molar-refractivity contribution is 6.04. The van der Waals surface area contributed by atoms with Gasteiger partial charge in [-0.2, -0.15) is 0 Å². The van der Waals surface area contributed by atoms with E-state index in [0.717, 1.165) is 5.56 Å². The summed E-state index contributed by atoms with van der Waals surface area (Å²) in [6.45, 7) is 0.122. The molecule has 124 valence electrons. The maximum absolute atomic E-state index is 12.6. The molecule has 1 saturated heterocycles. The molecule has 0 bridgehead atoms. The van der Waals surface area contributed by atoms with Gasteiger partial charge in [-0.1, -0.05) is 6.07 Å². The molecule has 0 unspecified atom stereocenters. The van der Waals surface area contributed by atoms with Crippen molar-refractivity contribution in [1.82, 2.24) is 0 Å². The molecule has 1 aromatic carbocycles. The Morgan fingerprint density at radius 2 is 1.88 bits per heavy atom. The summed E-state index contributed by atoms with van der Waals surface area (Å²) in [5.41, 5.74) is 1.35. The third-order valence-corrected chi connectivity index (χ3v) is 4.82. The number of Topliss-reactive ketones (excluding diaryl/α,β-unsaturated/α-hetero) is 1. The predicted octanol–water partition coefficient (Wildman–Crippen LogP) is 2.41. The van der Waals surface area contributed by atoms with Crippen LogP contribution in [0.1, 0.15) is 27.6 Å². The van der Waals surface area contributed by atoms with E-state index in [2.05, 4.69) is 0 Å². The Kier molecular flexibility index (Phi) is 3.33. The first kappa shape index (κ1) is 14.8. The zero-order valence-electron chi connectivity index (χ0n) is 13.3. The number of fused-ring (bicyclic) bond motifs is 2. The smallest absolute Gasteiger partial charge is 0.310 e. The lowest BCUT2D eigenvalue weighted by molar-refractivity contribution is -0.141. The molecule has 0 saturated carbocycles. The van der Waals surface area contributed by atoms with E-state index in [1.165, 1.54) is 6.26 Å². The molecule has 24 heavy (non-hydrogen) atoms. The van der Waals surface area contributed by atoms with E-state index >= 15 is 0 Å². The maximum Gasteiger partial charge on any atom is 0.310 e. The fraction of sp³-hybridized carbons (Fsp3) is 0.333. The fourth-order valence-corrected chi connectivity index (χ4v) is 3.68. The normalized spacial score (nSPS) is 25.0. The van der Waals surface area contributed by atoms with Crippen LogP contribution < -0.4 is 9.47 Å². The molecule has 0 amide bonds. The lowest BCUT2D eigenvalue weighted by Crippen LogP contribution is -2.35. The van der Waals surface area contributed by atoms with Crippen molar-refractivity contribution >= 4 is 11.8 Å². The minimum atomic E-state index is -0.575. The van der Waals surface area contributed by atoms with Crippen LogP contribution in [0, 0.1) is 11.8 Å². The van der Waals surface area contributed by atoms with Crippen LogP contribution >= 0.6 is 0 Å². The van der Waals surface area contributed by atoms with E-state index in [1.807, 2.05) is 12.1 Å². The second-order valence-electron chi connectivity index (χ2n) is 5.92. The lowest BCUT2D eigenvalue weighted by Gasteiger charge is -2.29. The Morgan fingerprint density at radius 1 is 1.08 bits per heavy atom.